The van der Waals surface area contributed by atoms with Gasteiger partial charge in [-0.1, -0.05) is 11.3 Å². The van der Waals surface area contributed by atoms with Gasteiger partial charge in [-0.3, -0.25) is 9.99 Å². The van der Waals surface area contributed by atoms with Crippen molar-refractivity contribution >= 4 is 16.5 Å². The first kappa shape index (κ1) is 9.87. The van der Waals surface area contributed by atoms with Crippen LogP contribution in [-0.4, -0.2) is 19.3 Å². The van der Waals surface area contributed by atoms with Crippen LogP contribution in [0.3, 0.4) is 0 Å². The molecule has 15 heavy (non-hydrogen) atoms. The van der Waals surface area contributed by atoms with Gasteiger partial charge in [-0.25, -0.2) is 10.6 Å². The molecule has 0 aromatic carbocycles. The first-order valence-corrected chi connectivity index (χ1v) is 5.03. The molecular weight excluding hydrogens is 216 g/mol. The molecule has 7 nitrogen and oxygen atoms in total. The van der Waals surface area contributed by atoms with E-state index >= 15 is 0 Å². The van der Waals surface area contributed by atoms with Crippen LogP contribution in [0.4, 0.5) is 5.13 Å². The van der Waals surface area contributed by atoms with E-state index in [9.17, 15) is 4.79 Å². The van der Waals surface area contributed by atoms with Gasteiger partial charge in [0, 0.05) is 19.4 Å². The van der Waals surface area contributed by atoms with Crippen LogP contribution < -0.4 is 17.0 Å². The number of aryl methyl sites for hydroxylation is 1. The fourth-order valence-electron chi connectivity index (χ4n) is 1.15. The number of aromatic nitrogens is 4. The van der Waals surface area contributed by atoms with E-state index in [1.165, 1.54) is 15.9 Å². The molecular formula is C7H10N6OS. The third-order valence-electron chi connectivity index (χ3n) is 1.91. The lowest BCUT2D eigenvalue weighted by Gasteiger charge is -1.94. The molecule has 0 radical (unpaired) electrons. The largest absolute Gasteiger partial charge is 0.328 e. The van der Waals surface area contributed by atoms with Crippen molar-refractivity contribution in [1.82, 2.24) is 19.3 Å². The Kier molecular flexibility index (Phi) is 2.52. The fourth-order valence-corrected chi connectivity index (χ4v) is 1.80. The van der Waals surface area contributed by atoms with Gasteiger partial charge in [0.1, 0.15) is 5.01 Å². The summed E-state index contributed by atoms with van der Waals surface area (Å²) >= 11 is 1.32. The minimum atomic E-state index is -0.0764. The van der Waals surface area contributed by atoms with E-state index in [4.69, 9.17) is 5.84 Å². The molecule has 2 aromatic heterocycles. The maximum Gasteiger partial charge on any atom is 0.328 e. The lowest BCUT2D eigenvalue weighted by atomic mass is 10.6. The van der Waals surface area contributed by atoms with Gasteiger partial charge < -0.3 is 4.57 Å². The van der Waals surface area contributed by atoms with Crippen LogP contribution in [0.1, 0.15) is 5.01 Å². The molecule has 80 valence electrons. The van der Waals surface area contributed by atoms with E-state index in [1.807, 2.05) is 0 Å². The lowest BCUT2D eigenvalue weighted by molar-refractivity contribution is 0.708. The summed E-state index contributed by atoms with van der Waals surface area (Å²) in [6.07, 6.45) is 3.41. The van der Waals surface area contributed by atoms with Gasteiger partial charge in [-0.15, -0.1) is 10.2 Å². The van der Waals surface area contributed by atoms with Crippen molar-refractivity contribution in [3.8, 4) is 0 Å². The predicted octanol–water partition coefficient (Wildman–Crippen LogP) is -0.628. The van der Waals surface area contributed by atoms with Crippen LogP contribution in [0.15, 0.2) is 17.2 Å². The third kappa shape index (κ3) is 1.90. The zero-order valence-electron chi connectivity index (χ0n) is 8.04. The molecule has 0 saturated carbocycles. The molecule has 8 heteroatoms. The third-order valence-corrected chi connectivity index (χ3v) is 2.75. The Hall–Kier alpha value is -1.67. The molecule has 2 heterocycles. The number of nitrogens with zero attached hydrogens (tertiary/aromatic N) is 4. The summed E-state index contributed by atoms with van der Waals surface area (Å²) in [6, 6.07) is 0. The Labute approximate surface area is 89.1 Å². The Bertz CT molecular complexity index is 512. The molecule has 2 rings (SSSR count). The maximum absolute atomic E-state index is 11.5. The van der Waals surface area contributed by atoms with Crippen LogP contribution >= 0.6 is 11.3 Å². The highest BCUT2D eigenvalue weighted by Gasteiger charge is 2.05. The minimum absolute atomic E-state index is 0.0764. The molecule has 0 unspecified atom stereocenters. The molecule has 0 saturated heterocycles. The molecule has 0 fully saturated rings. The summed E-state index contributed by atoms with van der Waals surface area (Å²) < 4.78 is 3.06. The normalized spacial score (nSPS) is 10.5. The zero-order valence-corrected chi connectivity index (χ0v) is 8.86. The highest BCUT2D eigenvalue weighted by Crippen LogP contribution is 2.13. The second-order valence-electron chi connectivity index (χ2n) is 2.96. The van der Waals surface area contributed by atoms with Crippen molar-refractivity contribution in [2.45, 2.75) is 6.54 Å². The number of hydrogen-bond donors (Lipinski definition) is 2. The van der Waals surface area contributed by atoms with Crippen molar-refractivity contribution in [2.75, 3.05) is 5.43 Å². The van der Waals surface area contributed by atoms with E-state index in [-0.39, 0.29) is 5.69 Å². The van der Waals surface area contributed by atoms with Gasteiger partial charge in [0.05, 0.1) is 6.54 Å². The van der Waals surface area contributed by atoms with Gasteiger partial charge in [0.2, 0.25) is 5.13 Å². The first-order chi connectivity index (χ1) is 7.20. The summed E-state index contributed by atoms with van der Waals surface area (Å²) in [5.41, 5.74) is 2.33. The van der Waals surface area contributed by atoms with E-state index < -0.39 is 0 Å². The Morgan fingerprint density at radius 3 is 2.87 bits per heavy atom. The number of anilines is 1. The molecule has 0 bridgehead atoms. The minimum Gasteiger partial charge on any atom is -0.302 e. The number of rotatable bonds is 3. The van der Waals surface area contributed by atoms with E-state index in [2.05, 4.69) is 15.6 Å². The summed E-state index contributed by atoms with van der Waals surface area (Å²) in [5, 5.41) is 8.94. The average Bonchev–Trinajstić information content (AvgIpc) is 2.80. The number of nitrogen functional groups attached to an aromatic ring is 1. The van der Waals surface area contributed by atoms with Crippen LogP contribution in [0.2, 0.25) is 0 Å². The van der Waals surface area contributed by atoms with Gasteiger partial charge >= 0.3 is 5.69 Å². The number of nitrogens with two attached hydrogens (primary N) is 1. The van der Waals surface area contributed by atoms with Crippen LogP contribution in [0, 0.1) is 0 Å². The molecule has 0 aliphatic heterocycles. The standard InChI is InChI=1S/C7H10N6OS/c1-12-2-3-13(7(12)14)4-5-10-11-6(9-8)15-5/h2-3H,4,8H2,1H3,(H,9,11). The van der Waals surface area contributed by atoms with Gasteiger partial charge in [-0.2, -0.15) is 0 Å². The molecule has 0 amide bonds. The number of hydrazine groups is 1. The van der Waals surface area contributed by atoms with Crippen molar-refractivity contribution < 1.29 is 0 Å². The van der Waals surface area contributed by atoms with E-state index in [1.54, 1.807) is 24.0 Å². The monoisotopic (exact) mass is 226 g/mol. The second-order valence-corrected chi connectivity index (χ2v) is 4.03. The van der Waals surface area contributed by atoms with Crippen LogP contribution in [0.5, 0.6) is 0 Å². The van der Waals surface area contributed by atoms with Gasteiger partial charge in [0.15, 0.2) is 0 Å². The number of nitrogens with one attached hydrogen (secondary N) is 1. The highest BCUT2D eigenvalue weighted by atomic mass is 32.1. The number of hydrogen-bond acceptors (Lipinski definition) is 6. The summed E-state index contributed by atoms with van der Waals surface area (Å²) in [6.45, 7) is 0.416. The molecule has 0 aliphatic rings. The highest BCUT2D eigenvalue weighted by molar-refractivity contribution is 7.15. The van der Waals surface area contributed by atoms with Crippen molar-refractivity contribution in [2.24, 2.45) is 12.9 Å². The lowest BCUT2D eigenvalue weighted by Crippen LogP contribution is -2.22. The van der Waals surface area contributed by atoms with Crippen LogP contribution in [0.25, 0.3) is 0 Å². The second kappa shape index (κ2) is 3.83. The van der Waals surface area contributed by atoms with Gasteiger partial charge in [-0.05, 0) is 0 Å². The molecule has 2 aromatic rings. The first-order valence-electron chi connectivity index (χ1n) is 4.21. The van der Waals surface area contributed by atoms with Crippen molar-refractivity contribution in [1.29, 1.82) is 0 Å². The Morgan fingerprint density at radius 2 is 2.33 bits per heavy atom. The average molecular weight is 226 g/mol. The SMILES string of the molecule is Cn1ccn(Cc2nnc(NN)s2)c1=O. The summed E-state index contributed by atoms with van der Waals surface area (Å²) in [4.78, 5) is 11.5. The quantitative estimate of drug-likeness (QED) is 0.537. The smallest absolute Gasteiger partial charge is 0.302 e. The van der Waals surface area contributed by atoms with E-state index in [0.29, 0.717) is 11.7 Å². The van der Waals surface area contributed by atoms with Crippen LogP contribution in [-0.2, 0) is 13.6 Å². The molecule has 0 aliphatic carbocycles. The van der Waals surface area contributed by atoms with Crippen molar-refractivity contribution in [3.05, 3.63) is 27.9 Å². The number of imidazole rings is 1. The fraction of sp³-hybridized carbons (Fsp3) is 0.286. The summed E-state index contributed by atoms with van der Waals surface area (Å²) in [5.74, 6) is 5.18. The van der Waals surface area contributed by atoms with Gasteiger partial charge in [0.25, 0.3) is 0 Å². The topological polar surface area (TPSA) is 90.8 Å². The predicted molar refractivity (Wildman–Crippen MR) is 56.5 cm³/mol. The molecule has 0 atom stereocenters. The Morgan fingerprint density at radius 1 is 1.53 bits per heavy atom. The summed E-state index contributed by atoms with van der Waals surface area (Å²) in [7, 11) is 1.70. The zero-order chi connectivity index (χ0) is 10.8. The van der Waals surface area contributed by atoms with E-state index in [0.717, 1.165) is 5.01 Å². The maximum atomic E-state index is 11.5. The molecule has 0 spiro atoms. The molecule has 3 N–H and O–H groups in total. The Balaban J connectivity index is 2.22. The van der Waals surface area contributed by atoms with Crippen molar-refractivity contribution in [3.63, 3.8) is 0 Å².